The largest absolute Gasteiger partial charge is 0.297 e. The second-order valence-electron chi connectivity index (χ2n) is 2.81. The first-order valence-corrected chi connectivity index (χ1v) is 5.36. The first-order chi connectivity index (χ1) is 6.59. The second kappa shape index (κ2) is 3.18. The summed E-state index contributed by atoms with van der Waals surface area (Å²) in [6.07, 6.45) is 1.46. The van der Waals surface area contributed by atoms with Gasteiger partial charge in [-0.2, -0.15) is 8.42 Å². The van der Waals surface area contributed by atoms with Gasteiger partial charge in [0.15, 0.2) is 0 Å². The SMILES string of the molecule is O=S1(=O)OCC=C1c1ccc(F)cc1. The van der Waals surface area contributed by atoms with Crippen molar-refractivity contribution in [3.8, 4) is 0 Å². The lowest BCUT2D eigenvalue weighted by molar-refractivity contribution is 0.375. The zero-order chi connectivity index (χ0) is 10.2. The van der Waals surface area contributed by atoms with Crippen molar-refractivity contribution in [3.63, 3.8) is 0 Å². The Bertz CT molecular complexity index is 473. The lowest BCUT2D eigenvalue weighted by atomic mass is 10.2. The molecule has 0 saturated heterocycles. The van der Waals surface area contributed by atoms with Crippen molar-refractivity contribution >= 4 is 15.0 Å². The van der Waals surface area contributed by atoms with E-state index in [1.165, 1.54) is 30.3 Å². The first-order valence-electron chi connectivity index (χ1n) is 3.95. The van der Waals surface area contributed by atoms with Gasteiger partial charge in [0.1, 0.15) is 5.82 Å². The third kappa shape index (κ3) is 1.56. The maximum absolute atomic E-state index is 12.6. The minimum Gasteiger partial charge on any atom is -0.262 e. The van der Waals surface area contributed by atoms with Gasteiger partial charge in [0.05, 0.1) is 11.5 Å². The first kappa shape index (κ1) is 9.36. The summed E-state index contributed by atoms with van der Waals surface area (Å²) < 4.78 is 39.6. The van der Waals surface area contributed by atoms with Gasteiger partial charge in [-0.1, -0.05) is 12.1 Å². The predicted molar refractivity (Wildman–Crippen MR) is 49.2 cm³/mol. The summed E-state index contributed by atoms with van der Waals surface area (Å²) in [5.74, 6) is -0.398. The molecule has 0 saturated carbocycles. The third-order valence-corrected chi connectivity index (χ3v) is 3.28. The molecule has 14 heavy (non-hydrogen) atoms. The Hall–Kier alpha value is -1.20. The van der Waals surface area contributed by atoms with E-state index in [-0.39, 0.29) is 11.5 Å². The molecule has 5 heteroatoms. The molecule has 1 aromatic rings. The Morgan fingerprint density at radius 3 is 2.36 bits per heavy atom. The smallest absolute Gasteiger partial charge is 0.262 e. The summed E-state index contributed by atoms with van der Waals surface area (Å²) in [7, 11) is -3.61. The molecule has 3 nitrogen and oxygen atoms in total. The van der Waals surface area contributed by atoms with Gasteiger partial charge in [0, 0.05) is 0 Å². The standard InChI is InChI=1S/C9H7FO3S/c10-8-3-1-7(2-4-8)9-5-6-13-14(9,11)12/h1-5H,6H2. The molecule has 1 aliphatic heterocycles. The summed E-state index contributed by atoms with van der Waals surface area (Å²) in [4.78, 5) is 0.109. The van der Waals surface area contributed by atoms with Crippen molar-refractivity contribution < 1.29 is 17.0 Å². The molecule has 0 radical (unpaired) electrons. The fourth-order valence-corrected chi connectivity index (χ4v) is 2.31. The maximum atomic E-state index is 12.6. The van der Waals surface area contributed by atoms with Crippen LogP contribution in [0.2, 0.25) is 0 Å². The molecule has 0 spiro atoms. The van der Waals surface area contributed by atoms with E-state index in [0.717, 1.165) is 0 Å². The van der Waals surface area contributed by atoms with E-state index < -0.39 is 15.9 Å². The number of halogens is 1. The normalized spacial score (nSPS) is 19.4. The van der Waals surface area contributed by atoms with E-state index in [0.29, 0.717) is 5.56 Å². The quantitative estimate of drug-likeness (QED) is 0.666. The molecule has 1 heterocycles. The third-order valence-electron chi connectivity index (χ3n) is 1.89. The van der Waals surface area contributed by atoms with E-state index in [2.05, 4.69) is 4.18 Å². The van der Waals surface area contributed by atoms with Crippen molar-refractivity contribution in [2.45, 2.75) is 0 Å². The fourth-order valence-electron chi connectivity index (χ4n) is 1.24. The zero-order valence-corrected chi connectivity index (χ0v) is 7.92. The number of benzene rings is 1. The van der Waals surface area contributed by atoms with Crippen molar-refractivity contribution in [3.05, 3.63) is 41.7 Å². The summed E-state index contributed by atoms with van der Waals surface area (Å²) in [6, 6.07) is 5.24. The molecule has 0 bridgehead atoms. The van der Waals surface area contributed by atoms with Crippen molar-refractivity contribution in [1.29, 1.82) is 0 Å². The average molecular weight is 214 g/mol. The van der Waals surface area contributed by atoms with Crippen molar-refractivity contribution in [1.82, 2.24) is 0 Å². The fraction of sp³-hybridized carbons (Fsp3) is 0.111. The van der Waals surface area contributed by atoms with Crippen molar-refractivity contribution in [2.24, 2.45) is 0 Å². The zero-order valence-electron chi connectivity index (χ0n) is 7.10. The molecule has 0 fully saturated rings. The summed E-state index contributed by atoms with van der Waals surface area (Å²) >= 11 is 0. The molecule has 0 aromatic heterocycles. The van der Waals surface area contributed by atoms with Gasteiger partial charge in [-0.05, 0) is 23.8 Å². The van der Waals surface area contributed by atoms with Gasteiger partial charge in [-0.25, -0.2) is 4.39 Å². The Labute approximate surface area is 80.9 Å². The number of hydrogen-bond acceptors (Lipinski definition) is 3. The number of rotatable bonds is 1. The van der Waals surface area contributed by atoms with Crippen LogP contribution in [-0.2, 0) is 14.3 Å². The highest BCUT2D eigenvalue weighted by Crippen LogP contribution is 2.26. The van der Waals surface area contributed by atoms with Gasteiger partial charge < -0.3 is 0 Å². The van der Waals surface area contributed by atoms with Crippen molar-refractivity contribution in [2.75, 3.05) is 6.61 Å². The van der Waals surface area contributed by atoms with Gasteiger partial charge in [0.25, 0.3) is 10.1 Å². The van der Waals surface area contributed by atoms with Crippen LogP contribution in [0.1, 0.15) is 5.56 Å². The highest BCUT2D eigenvalue weighted by atomic mass is 32.2. The average Bonchev–Trinajstić information content (AvgIpc) is 2.47. The molecule has 0 N–H and O–H groups in total. The van der Waals surface area contributed by atoms with Gasteiger partial charge in [-0.3, -0.25) is 4.18 Å². The molecule has 74 valence electrons. The monoisotopic (exact) mass is 214 g/mol. The predicted octanol–water partition coefficient (Wildman–Crippen LogP) is 1.53. The molecular weight excluding hydrogens is 207 g/mol. The minimum absolute atomic E-state index is 0.0506. The van der Waals surface area contributed by atoms with Crippen LogP contribution in [0.25, 0.3) is 4.91 Å². The van der Waals surface area contributed by atoms with Crippen LogP contribution in [0.3, 0.4) is 0 Å². The molecule has 1 aliphatic rings. The topological polar surface area (TPSA) is 43.4 Å². The van der Waals surface area contributed by atoms with E-state index in [9.17, 15) is 12.8 Å². The lowest BCUT2D eigenvalue weighted by Gasteiger charge is -2.00. The Kier molecular flexibility index (Phi) is 2.13. The second-order valence-corrected chi connectivity index (χ2v) is 4.40. The van der Waals surface area contributed by atoms with Crippen LogP contribution in [-0.4, -0.2) is 15.0 Å². The van der Waals surface area contributed by atoms with Crippen LogP contribution in [0.5, 0.6) is 0 Å². The van der Waals surface area contributed by atoms with Gasteiger partial charge >= 0.3 is 0 Å². The van der Waals surface area contributed by atoms with Crippen LogP contribution in [0.4, 0.5) is 4.39 Å². The highest BCUT2D eigenvalue weighted by molar-refractivity contribution is 7.96. The molecule has 1 aromatic carbocycles. The summed E-state index contributed by atoms with van der Waals surface area (Å²) in [5.41, 5.74) is 0.448. The van der Waals surface area contributed by atoms with Gasteiger partial charge in [0.2, 0.25) is 0 Å². The van der Waals surface area contributed by atoms with E-state index in [4.69, 9.17) is 0 Å². The summed E-state index contributed by atoms with van der Waals surface area (Å²) in [5, 5.41) is 0. The molecule has 2 rings (SSSR count). The van der Waals surface area contributed by atoms with Crippen LogP contribution in [0.15, 0.2) is 30.3 Å². The number of hydrogen-bond donors (Lipinski definition) is 0. The molecule has 0 amide bonds. The van der Waals surface area contributed by atoms with E-state index >= 15 is 0 Å². The van der Waals surface area contributed by atoms with Crippen LogP contribution < -0.4 is 0 Å². The molecule has 0 atom stereocenters. The van der Waals surface area contributed by atoms with Crippen LogP contribution in [0, 0.1) is 5.82 Å². The highest BCUT2D eigenvalue weighted by Gasteiger charge is 2.25. The Morgan fingerprint density at radius 1 is 1.21 bits per heavy atom. The minimum atomic E-state index is -3.61. The molecule has 0 aliphatic carbocycles. The Balaban J connectivity index is 2.46. The summed E-state index contributed by atoms with van der Waals surface area (Å²) in [6.45, 7) is 0.0506. The molecular formula is C9H7FO3S. The lowest BCUT2D eigenvalue weighted by Crippen LogP contribution is -2.00. The van der Waals surface area contributed by atoms with E-state index in [1.807, 2.05) is 0 Å². The maximum Gasteiger partial charge on any atom is 0.297 e. The van der Waals surface area contributed by atoms with Crippen LogP contribution >= 0.6 is 0 Å². The Morgan fingerprint density at radius 2 is 1.86 bits per heavy atom. The molecule has 0 unspecified atom stereocenters. The van der Waals surface area contributed by atoms with E-state index in [1.54, 1.807) is 0 Å². The van der Waals surface area contributed by atoms with Gasteiger partial charge in [-0.15, -0.1) is 0 Å².